The van der Waals surface area contributed by atoms with Crippen LogP contribution in [0.15, 0.2) is 121 Å². The third-order valence-corrected chi connectivity index (χ3v) is 22.8. The van der Waals surface area contributed by atoms with Crippen molar-refractivity contribution in [1.29, 1.82) is 0 Å². The third kappa shape index (κ3) is 28.9. The Labute approximate surface area is 779 Å². The summed E-state index contributed by atoms with van der Waals surface area (Å²) in [6, 6.07) is 36.3. The number of hydrogen-bond acceptors (Lipinski definition) is 36. The molecule has 0 saturated carbocycles. The number of aldehydes is 1. The van der Waals surface area contributed by atoms with Crippen molar-refractivity contribution in [3.05, 3.63) is 208 Å². The van der Waals surface area contributed by atoms with Gasteiger partial charge in [-0.15, -0.1) is 0 Å². The molecule has 12 rings (SSSR count). The van der Waals surface area contributed by atoms with E-state index in [9.17, 15) is 87.9 Å². The van der Waals surface area contributed by atoms with Gasteiger partial charge in [0.1, 0.15) is 87.0 Å². The van der Waals surface area contributed by atoms with Gasteiger partial charge in [-0.05, 0) is 97.6 Å². The van der Waals surface area contributed by atoms with Gasteiger partial charge in [-0.1, -0.05) is 131 Å². The molecule has 0 aromatic heterocycles. The van der Waals surface area contributed by atoms with Gasteiger partial charge >= 0.3 is 71.6 Å². The summed E-state index contributed by atoms with van der Waals surface area (Å²) in [5, 5.41) is 51.0. The van der Waals surface area contributed by atoms with Crippen LogP contribution in [0, 0.1) is 0 Å². The van der Waals surface area contributed by atoms with E-state index in [-0.39, 0.29) is 37.0 Å². The number of hydrogen-bond donors (Lipinski definition) is 5. The minimum Gasteiger partial charge on any atom is -0.463 e. The maximum absolute atomic E-state index is 12.2. The number of esters is 12. The Kier molecular flexibility index (Phi) is 38.9. The van der Waals surface area contributed by atoms with Crippen LogP contribution in [0.25, 0.3) is 0 Å². The summed E-state index contributed by atoms with van der Waals surface area (Å²) in [5.74, 6) is -8.12. The van der Waals surface area contributed by atoms with Crippen molar-refractivity contribution in [3.63, 3.8) is 0 Å². The van der Waals surface area contributed by atoms with Crippen LogP contribution >= 0.6 is 46.4 Å². The minimum atomic E-state index is -1.40. The number of halogens is 4. The van der Waals surface area contributed by atoms with Crippen LogP contribution in [-0.4, -0.2) is 237 Å². The lowest BCUT2D eigenvalue weighted by Gasteiger charge is -2.44. The normalized spacial score (nSPS) is 25.8. The molecule has 132 heavy (non-hydrogen) atoms. The molecular formula is C92H104Cl4N2O34. The molecule has 0 amide bonds. The number of nitrogens with zero attached hydrogens (tertiary/aromatic N) is 2. The summed E-state index contributed by atoms with van der Waals surface area (Å²) in [4.78, 5) is 157. The van der Waals surface area contributed by atoms with Crippen molar-refractivity contribution >= 4 is 124 Å². The van der Waals surface area contributed by atoms with E-state index in [2.05, 4.69) is 34.1 Å². The van der Waals surface area contributed by atoms with Crippen molar-refractivity contribution in [1.82, 2.24) is 9.80 Å². The molecule has 714 valence electrons. The average molecular weight is 1920 g/mol. The lowest BCUT2D eigenvalue weighted by Crippen LogP contribution is -2.59. The highest BCUT2D eigenvalue weighted by Gasteiger charge is 2.56. The first-order chi connectivity index (χ1) is 62.5. The van der Waals surface area contributed by atoms with Crippen LogP contribution in [0.3, 0.4) is 0 Å². The molecule has 6 aromatic rings. The molecule has 0 bridgehead atoms. The predicted octanol–water partition coefficient (Wildman–Crippen LogP) is 8.61. The van der Waals surface area contributed by atoms with Gasteiger partial charge in [0, 0.05) is 143 Å². The quantitative estimate of drug-likeness (QED) is 0.0193. The molecule has 36 nitrogen and oxygen atoms in total. The zero-order valence-corrected chi connectivity index (χ0v) is 77.0. The summed E-state index contributed by atoms with van der Waals surface area (Å²) >= 11 is 25.1. The van der Waals surface area contributed by atoms with Gasteiger partial charge in [0.2, 0.25) is 0 Å². The molecule has 6 heterocycles. The van der Waals surface area contributed by atoms with Gasteiger partial charge in [-0.25, -0.2) is 0 Å². The second kappa shape index (κ2) is 48.8. The Bertz CT molecular complexity index is 5080. The van der Waals surface area contributed by atoms with E-state index in [1.165, 1.54) is 88.1 Å². The lowest BCUT2D eigenvalue weighted by molar-refractivity contribution is -0.254. The number of ether oxygens (including phenoxy) is 16. The van der Waals surface area contributed by atoms with Crippen LogP contribution in [0.5, 0.6) is 0 Å². The highest BCUT2D eigenvalue weighted by molar-refractivity contribution is 6.33. The van der Waals surface area contributed by atoms with Crippen molar-refractivity contribution in [2.24, 2.45) is 0 Å². The zero-order valence-electron chi connectivity index (χ0n) is 73.9. The molecule has 4 saturated heterocycles. The van der Waals surface area contributed by atoms with Crippen molar-refractivity contribution < 1.29 is 164 Å². The lowest BCUT2D eigenvalue weighted by atomic mass is 9.89. The molecule has 6 aliphatic rings. The highest BCUT2D eigenvalue weighted by atomic mass is 35.5. The molecule has 6 aliphatic heterocycles. The van der Waals surface area contributed by atoms with Crippen LogP contribution in [0.4, 0.5) is 0 Å². The largest absolute Gasteiger partial charge is 0.463 e. The second-order valence-electron chi connectivity index (χ2n) is 31.5. The van der Waals surface area contributed by atoms with E-state index in [0.717, 1.165) is 78.8 Å². The van der Waals surface area contributed by atoms with E-state index in [4.69, 9.17) is 122 Å². The maximum Gasteiger partial charge on any atom is 0.303 e. The number of rotatable bonds is 26. The number of fused-ring (bicyclic) bond motifs is 2. The Hall–Kier alpha value is -10.7. The van der Waals surface area contributed by atoms with Crippen LogP contribution < -0.4 is 0 Å². The van der Waals surface area contributed by atoms with Crippen molar-refractivity contribution in [2.45, 2.75) is 251 Å². The Balaban J connectivity index is 0.000000200. The molecule has 6 aromatic carbocycles. The number of aliphatic hydroxyl groups is 5. The standard InChI is InChI=1S/C29H32ClNO9.C21H24ClNO5.C21H25ClO10.C21H23ClO10/c1-16(32)36-15-25-27(37-17(2)33)29(39-19(4)35)28(38-18(3)34)26(40-25)20-9-10-24(30)23(11-20)14-31-12-21-7-5-6-8-22(21)13-31;22-16-6-5-12(21-20(27)19(26)18(25)17(11-24)28-21)7-15(16)10-23-8-13-3-1-2-4-14(13)9-23;2*1-10(24)28-9-17-19(29-11(2)25)21(31-13(4)27)20(30-12(3)26)18(32-17)14-5-6-16(22)15(7-14)8-23/h5-11,25-29H,12-15H2,1-4H3;1-7,17-21,24-27H,8-11H2;5-7,17-21,23H,8-9H2,1-4H3;5-8,17-21H,9H2,1-4H3/t25-,26+,27-,28+,29+;17-,18-,19+,20-,21+;2*17-,18+,19-,20+,21+/m1111/s1. The molecule has 20 atom stereocenters. The van der Waals surface area contributed by atoms with E-state index in [1.807, 2.05) is 36.4 Å². The average Bonchev–Trinajstić information content (AvgIpc) is 1.65. The fourth-order valence-electron chi connectivity index (χ4n) is 15.9. The zero-order chi connectivity index (χ0) is 96.8. The SMILES string of the molecule is CC(=O)OC[C@H]1O[C@@H](c2ccc(Cl)c(C=O)c2)[C@H](OC(C)=O)[C@@H](OC(C)=O)[C@@H]1OC(C)=O.CC(=O)OC[C@H]1O[C@@H](c2ccc(Cl)c(CN3Cc4ccccc4C3)c2)[C@H](OC(C)=O)[C@@H](OC(C)=O)[C@@H]1OC(C)=O.CC(=O)OC[C@H]1O[C@@H](c2ccc(Cl)c(CO)c2)[C@H](OC(C)=O)[C@@H](OC(C)=O)[C@@H]1OC(C)=O.OC[C@H]1O[C@@H](c2ccc(Cl)c(CN3Cc4ccccc4C3)c2)[C@H](O)[C@@H](O)[C@@H]1O. The smallest absolute Gasteiger partial charge is 0.303 e. The fourth-order valence-corrected chi connectivity index (χ4v) is 16.6. The van der Waals surface area contributed by atoms with Crippen LogP contribution in [-0.2, 0) is 179 Å². The van der Waals surface area contributed by atoms with Crippen LogP contribution in [0.1, 0.15) is 179 Å². The van der Waals surface area contributed by atoms with Gasteiger partial charge in [-0.3, -0.25) is 72.1 Å². The molecule has 5 N–H and O–H groups in total. The summed E-state index contributed by atoms with van der Waals surface area (Å²) in [7, 11) is 0. The monoisotopic (exact) mass is 1920 g/mol. The number of carbonyl (C=O) groups excluding carboxylic acids is 13. The van der Waals surface area contributed by atoms with Crippen molar-refractivity contribution in [2.75, 3.05) is 26.4 Å². The molecule has 0 aliphatic carbocycles. The van der Waals surface area contributed by atoms with E-state index in [1.54, 1.807) is 36.4 Å². The Morgan fingerprint density at radius 3 is 0.879 bits per heavy atom. The molecule has 40 heteroatoms. The van der Waals surface area contributed by atoms with Crippen molar-refractivity contribution in [3.8, 4) is 0 Å². The van der Waals surface area contributed by atoms with Gasteiger partial charge < -0.3 is 101 Å². The van der Waals surface area contributed by atoms with Gasteiger partial charge in [0.15, 0.2) is 61.2 Å². The second-order valence-corrected chi connectivity index (χ2v) is 33.2. The Morgan fingerprint density at radius 1 is 0.326 bits per heavy atom. The van der Waals surface area contributed by atoms with Gasteiger partial charge in [0.25, 0.3) is 0 Å². The first kappa shape index (κ1) is 105. The first-order valence-corrected chi connectivity index (χ1v) is 43.1. The molecule has 0 spiro atoms. The van der Waals surface area contributed by atoms with E-state index in [0.29, 0.717) is 62.3 Å². The van der Waals surface area contributed by atoms with Crippen LogP contribution in [0.2, 0.25) is 20.1 Å². The third-order valence-electron chi connectivity index (χ3n) is 21.3. The number of carbonyl (C=O) groups is 13. The summed E-state index contributed by atoms with van der Waals surface area (Å²) in [5.41, 5.74) is 9.43. The first-order valence-electron chi connectivity index (χ1n) is 41.6. The number of aliphatic hydroxyl groups excluding tert-OH is 5. The molecular weight excluding hydrogens is 1820 g/mol. The van der Waals surface area contributed by atoms with Gasteiger partial charge in [0.05, 0.1) is 18.2 Å². The summed E-state index contributed by atoms with van der Waals surface area (Å²) in [6.45, 7) is 16.7. The van der Waals surface area contributed by atoms with E-state index >= 15 is 0 Å². The highest BCUT2D eigenvalue weighted by Crippen LogP contribution is 2.44. The molecule has 0 radical (unpaired) electrons. The summed E-state index contributed by atoms with van der Waals surface area (Å²) < 4.78 is 88.2. The number of benzene rings is 6. The maximum atomic E-state index is 12.2. The van der Waals surface area contributed by atoms with Gasteiger partial charge in [-0.2, -0.15) is 0 Å². The molecule has 0 unspecified atom stereocenters. The summed E-state index contributed by atoms with van der Waals surface area (Å²) in [6.07, 6.45) is -22.7. The van der Waals surface area contributed by atoms with E-state index < -0.39 is 200 Å². The Morgan fingerprint density at radius 2 is 0.591 bits per heavy atom. The molecule has 4 fully saturated rings. The predicted molar refractivity (Wildman–Crippen MR) is 461 cm³/mol. The minimum absolute atomic E-state index is 0.150. The fraction of sp³-hybridized carbons (Fsp3) is 0.467. The topological polar surface area (TPSA) is 477 Å².